The zero-order chi connectivity index (χ0) is 24.4. The van der Waals surface area contributed by atoms with Crippen LogP contribution in [0.15, 0.2) is 78.0 Å². The van der Waals surface area contributed by atoms with Gasteiger partial charge in [-0.05, 0) is 60.1 Å². The van der Waals surface area contributed by atoms with Crippen LogP contribution in [-0.2, 0) is 26.4 Å². The second kappa shape index (κ2) is 9.84. The van der Waals surface area contributed by atoms with Gasteiger partial charge in [0.05, 0.1) is 17.7 Å². The molecule has 2 unspecified atom stereocenters. The molecule has 0 radical (unpaired) electrons. The molecule has 0 aromatic heterocycles. The number of hydrogen-bond acceptors (Lipinski definition) is 4. The predicted molar refractivity (Wildman–Crippen MR) is 137 cm³/mol. The van der Waals surface area contributed by atoms with Crippen LogP contribution < -0.4 is 0 Å². The van der Waals surface area contributed by atoms with Gasteiger partial charge in [-0.25, -0.2) is 0 Å². The summed E-state index contributed by atoms with van der Waals surface area (Å²) in [6.45, 7) is 3.07. The number of rotatable bonds is 9. The molecular weight excluding hydrogens is 462 g/mol. The molecule has 0 saturated heterocycles. The van der Waals surface area contributed by atoms with Gasteiger partial charge in [0.15, 0.2) is 6.10 Å². The van der Waals surface area contributed by atoms with Gasteiger partial charge in [0.25, 0.3) is 0 Å². The van der Waals surface area contributed by atoms with Crippen molar-refractivity contribution in [2.24, 2.45) is 11.1 Å². The quantitative estimate of drug-likeness (QED) is 0.336. The summed E-state index contributed by atoms with van der Waals surface area (Å²) >= 11 is 6.21. The van der Waals surface area contributed by atoms with Crippen molar-refractivity contribution in [3.8, 4) is 11.1 Å². The topological polar surface area (TPSA) is 68.1 Å². The van der Waals surface area contributed by atoms with Crippen LogP contribution in [0.25, 0.3) is 11.1 Å². The zero-order valence-corrected chi connectivity index (χ0v) is 20.4. The molecule has 0 spiro atoms. The summed E-state index contributed by atoms with van der Waals surface area (Å²) < 4.78 is 5.89. The summed E-state index contributed by atoms with van der Waals surface area (Å²) in [6, 6.07) is 23.9. The van der Waals surface area contributed by atoms with E-state index in [4.69, 9.17) is 21.2 Å². The van der Waals surface area contributed by atoms with Crippen molar-refractivity contribution in [3.63, 3.8) is 0 Å². The minimum absolute atomic E-state index is 0.138. The molecular formula is C29H28ClNO4. The Labute approximate surface area is 210 Å². The lowest BCUT2D eigenvalue weighted by molar-refractivity contribution is -0.140. The second-order valence-electron chi connectivity index (χ2n) is 9.38. The minimum atomic E-state index is -0.729. The number of nitrogens with zero attached hydrogens (tertiary/aromatic N) is 1. The highest BCUT2D eigenvalue weighted by Gasteiger charge is 2.51. The standard InChI is InChI=1S/C29H28ClNO4/c1-19-25(14-17-34-18-23-4-2-3-5-26(23)30)27(35-31-19)22-8-6-20(7-9-22)21-10-12-24(13-11-21)29(15-16-29)28(32)33/h2-13,25,27H,14-18H2,1H3,(H,32,33). The first-order valence-electron chi connectivity index (χ1n) is 11.9. The van der Waals surface area contributed by atoms with Crippen LogP contribution in [0.3, 0.4) is 0 Å². The van der Waals surface area contributed by atoms with Gasteiger partial charge in [0.2, 0.25) is 0 Å². The normalized spacial score (nSPS) is 20.2. The number of aliphatic carboxylic acids is 1. The summed E-state index contributed by atoms with van der Waals surface area (Å²) in [5.74, 6) is -0.579. The molecule has 3 aromatic rings. The van der Waals surface area contributed by atoms with Gasteiger partial charge in [-0.3, -0.25) is 4.79 Å². The van der Waals surface area contributed by atoms with Crippen molar-refractivity contribution in [3.05, 3.63) is 94.5 Å². The highest BCUT2D eigenvalue weighted by molar-refractivity contribution is 6.31. The summed E-state index contributed by atoms with van der Waals surface area (Å²) in [5, 5.41) is 14.5. The molecule has 5 nitrogen and oxygen atoms in total. The molecule has 1 saturated carbocycles. The van der Waals surface area contributed by atoms with E-state index in [0.29, 0.717) is 26.1 Å². The van der Waals surface area contributed by atoms with E-state index in [1.54, 1.807) is 0 Å². The van der Waals surface area contributed by atoms with Crippen LogP contribution >= 0.6 is 11.6 Å². The number of hydrogen-bond donors (Lipinski definition) is 1. The minimum Gasteiger partial charge on any atom is -0.481 e. The number of carboxylic acid groups (broad SMARTS) is 1. The smallest absolute Gasteiger partial charge is 0.314 e. The van der Waals surface area contributed by atoms with Gasteiger partial charge < -0.3 is 14.7 Å². The van der Waals surface area contributed by atoms with Crippen molar-refractivity contribution in [1.29, 1.82) is 0 Å². The molecule has 0 bridgehead atoms. The van der Waals surface area contributed by atoms with E-state index in [2.05, 4.69) is 29.4 Å². The molecule has 5 rings (SSSR count). The number of oxime groups is 1. The summed E-state index contributed by atoms with van der Waals surface area (Å²) in [7, 11) is 0. The average molecular weight is 490 g/mol. The SMILES string of the molecule is CC1=NOC(c2ccc(-c3ccc(C4(C(=O)O)CC4)cc3)cc2)C1CCOCc1ccccc1Cl. The predicted octanol–water partition coefficient (Wildman–Crippen LogP) is 6.79. The molecule has 35 heavy (non-hydrogen) atoms. The largest absolute Gasteiger partial charge is 0.481 e. The Morgan fingerprint density at radius 1 is 1.06 bits per heavy atom. The van der Waals surface area contributed by atoms with Gasteiger partial charge in [0, 0.05) is 17.5 Å². The Kier molecular flexibility index (Phi) is 6.63. The highest BCUT2D eigenvalue weighted by Crippen LogP contribution is 2.48. The summed E-state index contributed by atoms with van der Waals surface area (Å²) in [5.41, 5.74) is 5.39. The second-order valence-corrected chi connectivity index (χ2v) is 9.79. The molecule has 0 amide bonds. The van der Waals surface area contributed by atoms with E-state index < -0.39 is 11.4 Å². The molecule has 1 aliphatic heterocycles. The fourth-order valence-corrected chi connectivity index (χ4v) is 4.95. The number of carboxylic acids is 1. The lowest BCUT2D eigenvalue weighted by atomic mass is 9.89. The Bertz CT molecular complexity index is 1230. The van der Waals surface area contributed by atoms with Crippen molar-refractivity contribution >= 4 is 23.3 Å². The Balaban J connectivity index is 1.21. The maximum atomic E-state index is 11.6. The number of ether oxygens (including phenoxy) is 1. The molecule has 1 heterocycles. The molecule has 3 aromatic carbocycles. The fourth-order valence-electron chi connectivity index (χ4n) is 4.76. The maximum absolute atomic E-state index is 11.6. The first-order valence-corrected chi connectivity index (χ1v) is 12.3. The van der Waals surface area contributed by atoms with Gasteiger partial charge in [-0.15, -0.1) is 0 Å². The van der Waals surface area contributed by atoms with Crippen molar-refractivity contribution < 1.29 is 19.5 Å². The fraction of sp³-hybridized carbons (Fsp3) is 0.310. The first kappa shape index (κ1) is 23.6. The van der Waals surface area contributed by atoms with E-state index in [1.807, 2.05) is 55.5 Å². The molecule has 180 valence electrons. The van der Waals surface area contributed by atoms with Gasteiger partial charge >= 0.3 is 5.97 Å². The lowest BCUT2D eigenvalue weighted by Gasteiger charge is -2.19. The molecule has 2 aliphatic rings. The van der Waals surface area contributed by atoms with Gasteiger partial charge in [-0.2, -0.15) is 0 Å². The van der Waals surface area contributed by atoms with Crippen LogP contribution in [0.1, 0.15) is 49.0 Å². The monoisotopic (exact) mass is 489 g/mol. The van der Waals surface area contributed by atoms with E-state index in [9.17, 15) is 9.90 Å². The Morgan fingerprint density at radius 2 is 1.71 bits per heavy atom. The Hall–Kier alpha value is -3.15. The van der Waals surface area contributed by atoms with Crippen LogP contribution in [-0.4, -0.2) is 23.4 Å². The third-order valence-corrected chi connectivity index (χ3v) is 7.54. The van der Waals surface area contributed by atoms with Crippen LogP contribution in [0.5, 0.6) is 0 Å². The molecule has 1 N–H and O–H groups in total. The number of halogens is 1. The summed E-state index contributed by atoms with van der Waals surface area (Å²) in [6.07, 6.45) is 2.09. The van der Waals surface area contributed by atoms with Crippen molar-refractivity contribution in [1.82, 2.24) is 0 Å². The molecule has 1 aliphatic carbocycles. The van der Waals surface area contributed by atoms with Crippen LogP contribution in [0.4, 0.5) is 0 Å². The number of benzene rings is 3. The van der Waals surface area contributed by atoms with E-state index >= 15 is 0 Å². The molecule has 1 fully saturated rings. The summed E-state index contributed by atoms with van der Waals surface area (Å²) in [4.78, 5) is 17.4. The van der Waals surface area contributed by atoms with Gasteiger partial charge in [-0.1, -0.05) is 83.5 Å². The zero-order valence-electron chi connectivity index (χ0n) is 19.6. The lowest BCUT2D eigenvalue weighted by Crippen LogP contribution is -2.19. The highest BCUT2D eigenvalue weighted by atomic mass is 35.5. The third-order valence-electron chi connectivity index (χ3n) is 7.17. The van der Waals surface area contributed by atoms with E-state index in [0.717, 1.165) is 45.0 Å². The first-order chi connectivity index (χ1) is 17.0. The van der Waals surface area contributed by atoms with Gasteiger partial charge in [0.1, 0.15) is 0 Å². The molecule has 2 atom stereocenters. The Morgan fingerprint density at radius 3 is 2.34 bits per heavy atom. The number of carbonyl (C=O) groups is 1. The van der Waals surface area contributed by atoms with Crippen LogP contribution in [0, 0.1) is 5.92 Å². The van der Waals surface area contributed by atoms with E-state index in [-0.39, 0.29) is 12.0 Å². The van der Waals surface area contributed by atoms with Crippen molar-refractivity contribution in [2.75, 3.05) is 6.61 Å². The maximum Gasteiger partial charge on any atom is 0.314 e. The third kappa shape index (κ3) is 4.84. The average Bonchev–Trinajstić information content (AvgIpc) is 3.62. The van der Waals surface area contributed by atoms with Crippen molar-refractivity contribution in [2.45, 2.75) is 44.3 Å². The van der Waals surface area contributed by atoms with E-state index in [1.165, 1.54) is 0 Å². The molecule has 6 heteroatoms. The van der Waals surface area contributed by atoms with Crippen LogP contribution in [0.2, 0.25) is 5.02 Å².